The summed E-state index contributed by atoms with van der Waals surface area (Å²) in [6.07, 6.45) is 4.79. The van der Waals surface area contributed by atoms with E-state index in [9.17, 15) is 19.5 Å². The average molecular weight is 449 g/mol. The van der Waals surface area contributed by atoms with Crippen LogP contribution in [0.5, 0.6) is 0 Å². The average Bonchev–Trinajstić information content (AvgIpc) is 2.96. The number of hydrogen-bond donors (Lipinski definition) is 3. The summed E-state index contributed by atoms with van der Waals surface area (Å²) in [7, 11) is 0. The Labute approximate surface area is 189 Å². The second-order valence-corrected chi connectivity index (χ2v) is 11.2. The minimum atomic E-state index is -1.80. The number of rotatable bonds is 4. The van der Waals surface area contributed by atoms with Crippen LogP contribution >= 0.6 is 0 Å². The zero-order chi connectivity index (χ0) is 23.5. The summed E-state index contributed by atoms with van der Waals surface area (Å²) in [5, 5.41) is 17.0. The molecule has 0 heterocycles. The number of amides is 2. The smallest absolute Gasteiger partial charge is 0.224 e. The predicted octanol–water partition coefficient (Wildman–Crippen LogP) is 2.55. The first-order valence-electron chi connectivity index (χ1n) is 12.1. The van der Waals surface area contributed by atoms with Crippen LogP contribution in [0.25, 0.3) is 0 Å². The molecule has 7 heteroatoms. The minimum absolute atomic E-state index is 0.000739. The van der Waals surface area contributed by atoms with Gasteiger partial charge in [0.05, 0.1) is 6.10 Å². The first-order chi connectivity index (χ1) is 14.9. The molecule has 6 nitrogen and oxygen atoms in total. The molecule has 0 aliphatic heterocycles. The molecule has 0 aromatic rings. The molecule has 4 rings (SSSR count). The Kier molecular flexibility index (Phi) is 5.80. The van der Waals surface area contributed by atoms with E-state index in [1.54, 1.807) is 6.08 Å². The Balaban J connectivity index is 1.60. The highest BCUT2D eigenvalue weighted by Crippen LogP contribution is 2.70. The summed E-state index contributed by atoms with van der Waals surface area (Å²) in [6, 6.07) is 0. The van der Waals surface area contributed by atoms with Crippen LogP contribution in [0.2, 0.25) is 0 Å². The van der Waals surface area contributed by atoms with E-state index in [1.165, 1.54) is 13.0 Å². The molecule has 32 heavy (non-hydrogen) atoms. The van der Waals surface area contributed by atoms with Gasteiger partial charge in [-0.15, -0.1) is 0 Å². The summed E-state index contributed by atoms with van der Waals surface area (Å²) in [4.78, 5) is 36.3. The number of carbonyl (C=O) groups is 3. The maximum atomic E-state index is 17.1. The zero-order valence-corrected chi connectivity index (χ0v) is 19.6. The van der Waals surface area contributed by atoms with Crippen molar-refractivity contribution in [2.45, 2.75) is 71.6 Å². The van der Waals surface area contributed by atoms with E-state index in [0.717, 1.165) is 12.8 Å². The Hall–Kier alpha value is -1.76. The van der Waals surface area contributed by atoms with Crippen LogP contribution in [0.3, 0.4) is 0 Å². The number of nitrogens with one attached hydrogen (secondary N) is 2. The highest BCUT2D eigenvalue weighted by molar-refractivity contribution is 5.91. The van der Waals surface area contributed by atoms with E-state index in [-0.39, 0.29) is 53.6 Å². The van der Waals surface area contributed by atoms with Crippen molar-refractivity contribution in [3.05, 3.63) is 12.2 Å². The quantitative estimate of drug-likeness (QED) is 0.576. The summed E-state index contributed by atoms with van der Waals surface area (Å²) in [5.74, 6) is -0.836. The standard InChI is InChI=1S/C25H37FN2O4/c1-14-11-19-18-6-5-16-12-17(30)7-8-24(16,4)25(18,26)20(31)13-23(19,3)21(14)22(32)28-10-9-27-15(2)29/h7-8,14,16,18-21,31H,5-6,9-13H2,1-4H3,(H,27,29)(H,28,32)/t14-,16?,18?,19?,20+,21-,23+,24+,25+/m1/s1. The van der Waals surface area contributed by atoms with Crippen LogP contribution in [0.15, 0.2) is 12.2 Å². The number of carbonyl (C=O) groups excluding carboxylic acids is 3. The molecule has 2 amide bonds. The number of aliphatic hydroxyl groups is 1. The summed E-state index contributed by atoms with van der Waals surface area (Å²) >= 11 is 0. The van der Waals surface area contributed by atoms with E-state index in [0.29, 0.717) is 25.9 Å². The molecule has 4 aliphatic rings. The number of ketones is 1. The van der Waals surface area contributed by atoms with Crippen molar-refractivity contribution in [3.63, 3.8) is 0 Å². The van der Waals surface area contributed by atoms with Crippen LogP contribution in [0, 0.1) is 40.4 Å². The predicted molar refractivity (Wildman–Crippen MR) is 118 cm³/mol. The van der Waals surface area contributed by atoms with Gasteiger partial charge in [-0.05, 0) is 60.8 Å². The zero-order valence-electron chi connectivity index (χ0n) is 19.6. The fourth-order valence-corrected chi connectivity index (χ4v) is 8.10. The molecule has 3 unspecified atom stereocenters. The van der Waals surface area contributed by atoms with Gasteiger partial charge in [0.25, 0.3) is 0 Å². The molecule has 0 aromatic heterocycles. The first-order valence-corrected chi connectivity index (χ1v) is 12.1. The Bertz CT molecular complexity index is 846. The lowest BCUT2D eigenvalue weighted by molar-refractivity contribution is -0.224. The van der Waals surface area contributed by atoms with Gasteiger partial charge in [-0.1, -0.05) is 26.8 Å². The van der Waals surface area contributed by atoms with Gasteiger partial charge < -0.3 is 15.7 Å². The van der Waals surface area contributed by atoms with E-state index in [4.69, 9.17) is 0 Å². The van der Waals surface area contributed by atoms with E-state index < -0.39 is 22.6 Å². The van der Waals surface area contributed by atoms with Gasteiger partial charge in [0.1, 0.15) is 5.67 Å². The van der Waals surface area contributed by atoms with Gasteiger partial charge in [-0.25, -0.2) is 4.39 Å². The number of alkyl halides is 1. The van der Waals surface area contributed by atoms with Gasteiger partial charge in [-0.3, -0.25) is 14.4 Å². The van der Waals surface area contributed by atoms with E-state index in [2.05, 4.69) is 24.5 Å². The molecule has 0 radical (unpaired) electrons. The molecule has 4 aliphatic carbocycles. The third-order valence-corrected chi connectivity index (χ3v) is 9.54. The molecular formula is C25H37FN2O4. The van der Waals surface area contributed by atoms with Crippen molar-refractivity contribution in [1.82, 2.24) is 10.6 Å². The second kappa shape index (κ2) is 7.93. The molecule has 0 aromatic carbocycles. The van der Waals surface area contributed by atoms with Crippen molar-refractivity contribution in [1.29, 1.82) is 0 Å². The molecule has 178 valence electrons. The van der Waals surface area contributed by atoms with Gasteiger partial charge >= 0.3 is 0 Å². The lowest BCUT2D eigenvalue weighted by Crippen LogP contribution is -2.68. The number of hydrogen-bond acceptors (Lipinski definition) is 4. The van der Waals surface area contributed by atoms with Crippen LogP contribution in [-0.2, 0) is 14.4 Å². The van der Waals surface area contributed by atoms with Gasteiger partial charge in [0.15, 0.2) is 5.78 Å². The molecule has 9 atom stereocenters. The Morgan fingerprint density at radius 3 is 2.56 bits per heavy atom. The van der Waals surface area contributed by atoms with Crippen LogP contribution in [0.1, 0.15) is 59.8 Å². The molecule has 0 bridgehead atoms. The number of aliphatic hydroxyl groups excluding tert-OH is 1. The largest absolute Gasteiger partial charge is 0.390 e. The van der Waals surface area contributed by atoms with Crippen molar-refractivity contribution >= 4 is 17.6 Å². The first kappa shape index (κ1) is 23.4. The van der Waals surface area contributed by atoms with Crippen molar-refractivity contribution in [2.75, 3.05) is 13.1 Å². The van der Waals surface area contributed by atoms with Crippen LogP contribution < -0.4 is 10.6 Å². The number of halogens is 1. The van der Waals surface area contributed by atoms with Crippen molar-refractivity contribution < 1.29 is 23.9 Å². The van der Waals surface area contributed by atoms with Crippen molar-refractivity contribution in [2.24, 2.45) is 40.4 Å². The summed E-state index contributed by atoms with van der Waals surface area (Å²) < 4.78 is 17.1. The molecule has 3 N–H and O–H groups in total. The van der Waals surface area contributed by atoms with Crippen LogP contribution in [-0.4, -0.2) is 47.6 Å². The van der Waals surface area contributed by atoms with Gasteiger partial charge in [0.2, 0.25) is 11.8 Å². The molecule has 3 fully saturated rings. The topological polar surface area (TPSA) is 95.5 Å². The maximum absolute atomic E-state index is 17.1. The SMILES string of the molecule is CC(=O)NCCNC(=O)[C@H]1[C@H](C)CC2C3CCC4CC(=O)C=C[C@]4(C)[C@@]3(F)[C@@H](O)C[C@@]21C. The highest BCUT2D eigenvalue weighted by Gasteiger charge is 2.72. The normalized spacial score (nSPS) is 47.2. The number of fused-ring (bicyclic) bond motifs is 5. The van der Waals surface area contributed by atoms with E-state index >= 15 is 4.39 Å². The summed E-state index contributed by atoms with van der Waals surface area (Å²) in [6.45, 7) is 8.14. The molecule has 0 spiro atoms. The fourth-order valence-electron chi connectivity index (χ4n) is 8.10. The Morgan fingerprint density at radius 1 is 1.19 bits per heavy atom. The third-order valence-electron chi connectivity index (χ3n) is 9.54. The highest BCUT2D eigenvalue weighted by atomic mass is 19.1. The monoisotopic (exact) mass is 448 g/mol. The lowest BCUT2D eigenvalue weighted by Gasteiger charge is -2.63. The van der Waals surface area contributed by atoms with Gasteiger partial charge in [0, 0.05) is 37.8 Å². The van der Waals surface area contributed by atoms with E-state index in [1.807, 2.05) is 6.92 Å². The molecule has 0 saturated heterocycles. The number of allylic oxidation sites excluding steroid dienone is 2. The molecule has 3 saturated carbocycles. The molecular weight excluding hydrogens is 411 g/mol. The van der Waals surface area contributed by atoms with Crippen molar-refractivity contribution in [3.8, 4) is 0 Å². The maximum Gasteiger partial charge on any atom is 0.224 e. The van der Waals surface area contributed by atoms with Gasteiger partial charge in [-0.2, -0.15) is 0 Å². The lowest BCUT2D eigenvalue weighted by atomic mass is 9.43. The summed E-state index contributed by atoms with van der Waals surface area (Å²) in [5.41, 5.74) is -3.16. The third kappa shape index (κ3) is 3.25. The Morgan fingerprint density at radius 2 is 1.88 bits per heavy atom. The second-order valence-electron chi connectivity index (χ2n) is 11.2. The minimum Gasteiger partial charge on any atom is -0.390 e. The van der Waals surface area contributed by atoms with Crippen LogP contribution in [0.4, 0.5) is 4.39 Å². The fraction of sp³-hybridized carbons (Fsp3) is 0.800.